The average Bonchev–Trinajstić information content (AvgIpc) is 2.39. The second-order valence-electron chi connectivity index (χ2n) is 3.92. The Kier molecular flexibility index (Phi) is 4.97. The zero-order valence-electron chi connectivity index (χ0n) is 9.95. The van der Waals surface area contributed by atoms with E-state index < -0.39 is 0 Å². The molecule has 0 aliphatic carbocycles. The first-order valence-electron chi connectivity index (χ1n) is 5.46. The molecule has 0 unspecified atom stereocenters. The highest BCUT2D eigenvalue weighted by atomic mass is 79.9. The fourth-order valence-corrected chi connectivity index (χ4v) is 3.34. The maximum Gasteiger partial charge on any atom is 0.255 e. The molecule has 0 bridgehead atoms. The summed E-state index contributed by atoms with van der Waals surface area (Å²) in [5, 5.41) is 11.6. The van der Waals surface area contributed by atoms with Gasteiger partial charge < -0.3 is 5.32 Å². The number of nitrogens with zero attached hydrogens (tertiary/aromatic N) is 1. The number of hydrogen-bond donors (Lipinski definition) is 1. The summed E-state index contributed by atoms with van der Waals surface area (Å²) in [7, 11) is 0. The lowest BCUT2D eigenvalue weighted by atomic mass is 10.2. The molecule has 0 atom stereocenters. The molecular formula is C14H7Br3N2O. The van der Waals surface area contributed by atoms with Crippen molar-refractivity contribution < 1.29 is 4.79 Å². The number of benzene rings is 2. The van der Waals surface area contributed by atoms with Crippen molar-refractivity contribution in [2.75, 3.05) is 5.32 Å². The van der Waals surface area contributed by atoms with Crippen molar-refractivity contribution in [3.63, 3.8) is 0 Å². The predicted octanol–water partition coefficient (Wildman–Crippen LogP) is 5.10. The van der Waals surface area contributed by atoms with E-state index in [4.69, 9.17) is 5.26 Å². The van der Waals surface area contributed by atoms with Crippen LogP contribution in [0.3, 0.4) is 0 Å². The molecule has 2 aromatic carbocycles. The lowest BCUT2D eigenvalue weighted by molar-refractivity contribution is 0.102. The highest BCUT2D eigenvalue weighted by molar-refractivity contribution is 9.11. The Morgan fingerprint density at radius 1 is 1.05 bits per heavy atom. The van der Waals surface area contributed by atoms with Gasteiger partial charge in [-0.3, -0.25) is 4.79 Å². The van der Waals surface area contributed by atoms with Crippen LogP contribution in [-0.4, -0.2) is 5.91 Å². The molecule has 2 aromatic rings. The van der Waals surface area contributed by atoms with E-state index >= 15 is 0 Å². The Labute approximate surface area is 141 Å². The average molecular weight is 459 g/mol. The first-order valence-corrected chi connectivity index (χ1v) is 7.84. The van der Waals surface area contributed by atoms with Gasteiger partial charge in [0.1, 0.15) is 0 Å². The Morgan fingerprint density at radius 2 is 1.70 bits per heavy atom. The third-order valence-electron chi connectivity index (χ3n) is 2.47. The van der Waals surface area contributed by atoms with Crippen LogP contribution in [0.4, 0.5) is 5.69 Å². The topological polar surface area (TPSA) is 52.9 Å². The summed E-state index contributed by atoms with van der Waals surface area (Å²) in [4.78, 5) is 12.2. The van der Waals surface area contributed by atoms with E-state index in [9.17, 15) is 4.79 Å². The van der Waals surface area contributed by atoms with Crippen LogP contribution < -0.4 is 5.32 Å². The first-order chi connectivity index (χ1) is 9.49. The van der Waals surface area contributed by atoms with Gasteiger partial charge in [-0.15, -0.1) is 0 Å². The van der Waals surface area contributed by atoms with Crippen LogP contribution in [0, 0.1) is 11.3 Å². The zero-order chi connectivity index (χ0) is 14.7. The first kappa shape index (κ1) is 15.2. The summed E-state index contributed by atoms with van der Waals surface area (Å²) in [5.41, 5.74) is 1.67. The summed E-state index contributed by atoms with van der Waals surface area (Å²) < 4.78 is 2.30. The lowest BCUT2D eigenvalue weighted by Gasteiger charge is -2.08. The van der Waals surface area contributed by atoms with Gasteiger partial charge in [-0.25, -0.2) is 0 Å². The van der Waals surface area contributed by atoms with Crippen LogP contribution in [0.1, 0.15) is 15.9 Å². The van der Waals surface area contributed by atoms with Crippen LogP contribution in [0.2, 0.25) is 0 Å². The van der Waals surface area contributed by atoms with E-state index in [0.717, 1.165) is 8.95 Å². The van der Waals surface area contributed by atoms with Crippen molar-refractivity contribution in [1.29, 1.82) is 5.26 Å². The molecular weight excluding hydrogens is 452 g/mol. The molecule has 0 saturated heterocycles. The van der Waals surface area contributed by atoms with Crippen molar-refractivity contribution in [3.8, 4) is 6.07 Å². The maximum absolute atomic E-state index is 12.2. The quantitative estimate of drug-likeness (QED) is 0.680. The summed E-state index contributed by atoms with van der Waals surface area (Å²) in [6.07, 6.45) is 0. The molecule has 0 radical (unpaired) electrons. The molecule has 0 spiro atoms. The van der Waals surface area contributed by atoms with E-state index in [1.807, 2.05) is 12.1 Å². The van der Waals surface area contributed by atoms with Gasteiger partial charge >= 0.3 is 0 Å². The number of nitriles is 1. The number of anilines is 1. The number of halogens is 3. The Hall–Kier alpha value is -1.16. The molecule has 6 heteroatoms. The van der Waals surface area contributed by atoms with Gasteiger partial charge in [-0.05, 0) is 52.3 Å². The fourth-order valence-electron chi connectivity index (χ4n) is 1.57. The molecule has 0 aliphatic rings. The van der Waals surface area contributed by atoms with Gasteiger partial charge in [0.2, 0.25) is 0 Å². The van der Waals surface area contributed by atoms with Gasteiger partial charge in [-0.2, -0.15) is 5.26 Å². The number of carbonyl (C=O) groups excluding carboxylic acids is 1. The third kappa shape index (κ3) is 3.69. The normalized spacial score (nSPS) is 9.90. The SMILES string of the molecule is N#Cc1ccc(NC(=O)c2cc(Br)cc(Br)c2)c(Br)c1. The maximum atomic E-state index is 12.2. The van der Waals surface area contributed by atoms with Crippen molar-refractivity contribution in [3.05, 3.63) is 60.9 Å². The predicted molar refractivity (Wildman–Crippen MR) is 88.7 cm³/mol. The van der Waals surface area contributed by atoms with Gasteiger partial charge in [-0.1, -0.05) is 31.9 Å². The van der Waals surface area contributed by atoms with Crippen LogP contribution in [0.15, 0.2) is 49.8 Å². The highest BCUT2D eigenvalue weighted by Crippen LogP contribution is 2.25. The minimum atomic E-state index is -0.225. The molecule has 100 valence electrons. The van der Waals surface area contributed by atoms with E-state index in [1.165, 1.54) is 0 Å². The second-order valence-corrected chi connectivity index (χ2v) is 6.60. The molecule has 0 heterocycles. The number of amides is 1. The standard InChI is InChI=1S/C14H7Br3N2O/c15-10-4-9(5-11(16)6-10)14(20)19-13-2-1-8(7-18)3-12(13)17/h1-6H,(H,19,20). The van der Waals surface area contributed by atoms with Crippen LogP contribution >= 0.6 is 47.8 Å². The number of carbonyl (C=O) groups is 1. The molecule has 0 saturated carbocycles. The number of hydrogen-bond acceptors (Lipinski definition) is 2. The molecule has 0 aromatic heterocycles. The smallest absolute Gasteiger partial charge is 0.255 e. The Bertz CT molecular complexity index is 703. The van der Waals surface area contributed by atoms with Gasteiger partial charge in [0.15, 0.2) is 0 Å². The zero-order valence-corrected chi connectivity index (χ0v) is 14.7. The Morgan fingerprint density at radius 3 is 2.25 bits per heavy atom. The number of rotatable bonds is 2. The minimum Gasteiger partial charge on any atom is -0.321 e. The molecule has 0 fully saturated rings. The van der Waals surface area contributed by atoms with Crippen molar-refractivity contribution in [2.24, 2.45) is 0 Å². The van der Waals surface area contributed by atoms with E-state index in [1.54, 1.807) is 30.3 Å². The molecule has 0 aliphatic heterocycles. The molecule has 1 N–H and O–H groups in total. The monoisotopic (exact) mass is 456 g/mol. The molecule has 2 rings (SSSR count). The lowest BCUT2D eigenvalue weighted by Crippen LogP contribution is -2.12. The van der Waals surface area contributed by atoms with Crippen molar-refractivity contribution in [1.82, 2.24) is 0 Å². The third-order valence-corrected chi connectivity index (χ3v) is 4.04. The van der Waals surface area contributed by atoms with E-state index in [0.29, 0.717) is 21.3 Å². The van der Waals surface area contributed by atoms with Crippen LogP contribution in [0.5, 0.6) is 0 Å². The van der Waals surface area contributed by atoms with Crippen LogP contribution in [0.25, 0.3) is 0 Å². The summed E-state index contributed by atoms with van der Waals surface area (Å²) >= 11 is 10.0. The van der Waals surface area contributed by atoms with Gasteiger partial charge in [0.25, 0.3) is 5.91 Å². The van der Waals surface area contributed by atoms with E-state index in [2.05, 4.69) is 53.1 Å². The van der Waals surface area contributed by atoms with Crippen molar-refractivity contribution >= 4 is 59.4 Å². The second kappa shape index (κ2) is 6.53. The Balaban J connectivity index is 2.26. The van der Waals surface area contributed by atoms with Crippen molar-refractivity contribution in [2.45, 2.75) is 0 Å². The summed E-state index contributed by atoms with van der Waals surface area (Å²) in [5.74, 6) is -0.225. The van der Waals surface area contributed by atoms with Crippen LogP contribution in [-0.2, 0) is 0 Å². The van der Waals surface area contributed by atoms with Gasteiger partial charge in [0, 0.05) is 19.0 Å². The number of nitrogens with one attached hydrogen (secondary N) is 1. The molecule has 3 nitrogen and oxygen atoms in total. The van der Waals surface area contributed by atoms with E-state index in [-0.39, 0.29) is 5.91 Å². The van der Waals surface area contributed by atoms with Gasteiger partial charge in [0.05, 0.1) is 17.3 Å². The highest BCUT2D eigenvalue weighted by Gasteiger charge is 2.10. The summed E-state index contributed by atoms with van der Waals surface area (Å²) in [6.45, 7) is 0. The fraction of sp³-hybridized carbons (Fsp3) is 0. The molecule has 1 amide bonds. The minimum absolute atomic E-state index is 0.225. The largest absolute Gasteiger partial charge is 0.321 e. The molecule has 20 heavy (non-hydrogen) atoms. The summed E-state index contributed by atoms with van der Waals surface area (Å²) in [6, 6.07) is 12.4.